The quantitative estimate of drug-likeness (QED) is 0.594. The van der Waals surface area contributed by atoms with Crippen LogP contribution in [0.1, 0.15) is 23.1 Å². The number of aromatic nitrogens is 1. The zero-order chi connectivity index (χ0) is 19.5. The van der Waals surface area contributed by atoms with E-state index in [9.17, 15) is 4.79 Å². The number of benzene rings is 2. The first-order chi connectivity index (χ1) is 13.6. The topological polar surface area (TPSA) is 58.4 Å². The number of nitrogens with zero attached hydrogens (tertiary/aromatic N) is 2. The van der Waals surface area contributed by atoms with E-state index in [1.165, 1.54) is 0 Å². The fourth-order valence-electron chi connectivity index (χ4n) is 3.56. The highest BCUT2D eigenvalue weighted by Gasteiger charge is 2.29. The smallest absolute Gasteiger partial charge is 0.229 e. The van der Waals surface area contributed by atoms with Crippen molar-refractivity contribution in [1.82, 2.24) is 15.2 Å². The van der Waals surface area contributed by atoms with Crippen molar-refractivity contribution in [2.45, 2.75) is 19.4 Å². The maximum Gasteiger partial charge on any atom is 0.229 e. The minimum atomic E-state index is -0.0410. The van der Waals surface area contributed by atoms with Gasteiger partial charge in [0, 0.05) is 30.2 Å². The zero-order valence-electron chi connectivity index (χ0n) is 16.5. The number of carbonyl (C=O) groups is 1. The molecular weight excluding hydrogens is 445 g/mol. The summed E-state index contributed by atoms with van der Waals surface area (Å²) in [5, 5.41) is 4.04. The molecule has 0 saturated carbocycles. The van der Waals surface area contributed by atoms with Crippen LogP contribution >= 0.6 is 36.4 Å². The molecule has 2 aromatic carbocycles. The summed E-state index contributed by atoms with van der Waals surface area (Å²) >= 11 is 6.16. The van der Waals surface area contributed by atoms with Crippen LogP contribution in [-0.4, -0.2) is 35.4 Å². The van der Waals surface area contributed by atoms with Crippen LogP contribution < -0.4 is 5.32 Å². The first-order valence-electron chi connectivity index (χ1n) is 9.39. The van der Waals surface area contributed by atoms with Crippen LogP contribution in [0.4, 0.5) is 0 Å². The van der Waals surface area contributed by atoms with Crippen LogP contribution in [0.5, 0.6) is 0 Å². The number of aryl methyl sites for hydroxylation is 1. The summed E-state index contributed by atoms with van der Waals surface area (Å²) in [7, 11) is 0. The molecule has 0 aliphatic carbocycles. The molecule has 2 heterocycles. The van der Waals surface area contributed by atoms with Crippen LogP contribution in [0, 0.1) is 6.92 Å². The van der Waals surface area contributed by atoms with E-state index < -0.39 is 0 Å². The minimum Gasteiger partial charge on any atom is -0.441 e. The van der Waals surface area contributed by atoms with E-state index in [4.69, 9.17) is 16.0 Å². The number of rotatable bonds is 4. The molecule has 0 spiro atoms. The molecule has 1 unspecified atom stereocenters. The maximum atomic E-state index is 13.1. The van der Waals surface area contributed by atoms with Crippen LogP contribution in [-0.2, 0) is 11.2 Å². The Morgan fingerprint density at radius 3 is 2.70 bits per heavy atom. The van der Waals surface area contributed by atoms with Gasteiger partial charge in [-0.2, -0.15) is 0 Å². The molecule has 1 aliphatic heterocycles. The summed E-state index contributed by atoms with van der Waals surface area (Å²) in [6, 6.07) is 17.4. The zero-order valence-corrected chi connectivity index (χ0v) is 18.9. The molecule has 4 rings (SSSR count). The van der Waals surface area contributed by atoms with E-state index in [-0.39, 0.29) is 43.2 Å². The van der Waals surface area contributed by atoms with Gasteiger partial charge in [-0.1, -0.05) is 41.9 Å². The Morgan fingerprint density at radius 1 is 1.20 bits per heavy atom. The van der Waals surface area contributed by atoms with Gasteiger partial charge in [0.25, 0.3) is 0 Å². The lowest BCUT2D eigenvalue weighted by molar-refractivity contribution is -0.133. The second-order valence-electron chi connectivity index (χ2n) is 6.93. The highest BCUT2D eigenvalue weighted by Crippen LogP contribution is 2.27. The number of hydrogen-bond acceptors (Lipinski definition) is 4. The Bertz CT molecular complexity index is 979. The van der Waals surface area contributed by atoms with Crippen molar-refractivity contribution in [3.05, 3.63) is 76.6 Å². The lowest BCUT2D eigenvalue weighted by Gasteiger charge is -2.36. The fourth-order valence-corrected chi connectivity index (χ4v) is 3.75. The minimum absolute atomic E-state index is 0. The Labute approximate surface area is 193 Å². The van der Waals surface area contributed by atoms with Gasteiger partial charge in [-0.15, -0.1) is 24.8 Å². The van der Waals surface area contributed by atoms with Crippen molar-refractivity contribution in [3.8, 4) is 11.5 Å². The van der Waals surface area contributed by atoms with Gasteiger partial charge >= 0.3 is 0 Å². The van der Waals surface area contributed by atoms with Crippen LogP contribution in [0.15, 0.2) is 59.0 Å². The number of oxazole rings is 1. The molecule has 1 amide bonds. The molecule has 1 atom stereocenters. The van der Waals surface area contributed by atoms with E-state index in [0.29, 0.717) is 35.5 Å². The van der Waals surface area contributed by atoms with Gasteiger partial charge in [-0.25, -0.2) is 4.98 Å². The molecule has 5 nitrogen and oxygen atoms in total. The summed E-state index contributed by atoms with van der Waals surface area (Å²) in [5.74, 6) is 1.27. The molecule has 30 heavy (non-hydrogen) atoms. The summed E-state index contributed by atoms with van der Waals surface area (Å²) < 4.78 is 5.80. The predicted octanol–water partition coefficient (Wildman–Crippen LogP) is 4.86. The Kier molecular flexibility index (Phi) is 8.74. The number of carbonyl (C=O) groups excluding carboxylic acids is 1. The average molecular weight is 469 g/mol. The molecule has 1 aliphatic rings. The van der Waals surface area contributed by atoms with Gasteiger partial charge in [0.05, 0.1) is 18.2 Å². The number of amides is 1. The summed E-state index contributed by atoms with van der Waals surface area (Å²) in [6.45, 7) is 3.99. The Balaban J connectivity index is 0.00000160. The lowest BCUT2D eigenvalue weighted by atomic mass is 10.0. The summed E-state index contributed by atoms with van der Waals surface area (Å²) in [6.07, 6.45) is 0.221. The third-order valence-corrected chi connectivity index (χ3v) is 5.26. The molecule has 1 saturated heterocycles. The standard InChI is InChI=1S/C22H22ClN3O2.2ClH/c1-15-19(25-22(28-15)16-6-3-2-4-7-16)13-21(27)26-11-10-24-14-20(26)17-8-5-9-18(23)12-17;;/h2-9,12,20,24H,10-11,13-14H2,1H3;2*1H. The Hall–Kier alpha value is -2.05. The fraction of sp³-hybridized carbons (Fsp3) is 0.273. The van der Waals surface area contributed by atoms with Gasteiger partial charge in [-0.3, -0.25) is 4.79 Å². The first-order valence-corrected chi connectivity index (χ1v) is 9.77. The van der Waals surface area contributed by atoms with Crippen molar-refractivity contribution < 1.29 is 9.21 Å². The van der Waals surface area contributed by atoms with Gasteiger partial charge in [-0.05, 0) is 36.8 Å². The van der Waals surface area contributed by atoms with Gasteiger partial charge < -0.3 is 14.6 Å². The second kappa shape index (κ2) is 10.8. The number of halogens is 3. The number of hydrogen-bond donors (Lipinski definition) is 1. The Morgan fingerprint density at radius 2 is 1.97 bits per heavy atom. The van der Waals surface area contributed by atoms with E-state index >= 15 is 0 Å². The van der Waals surface area contributed by atoms with E-state index in [0.717, 1.165) is 17.7 Å². The summed E-state index contributed by atoms with van der Waals surface area (Å²) in [5.41, 5.74) is 2.63. The molecule has 1 aromatic heterocycles. The van der Waals surface area contributed by atoms with E-state index in [1.807, 2.05) is 66.4 Å². The van der Waals surface area contributed by atoms with Crippen molar-refractivity contribution >= 4 is 42.3 Å². The molecule has 1 fully saturated rings. The molecule has 3 aromatic rings. The van der Waals surface area contributed by atoms with Crippen molar-refractivity contribution in [1.29, 1.82) is 0 Å². The number of piperazine rings is 1. The molecular formula is C22H24Cl3N3O2. The normalized spacial score (nSPS) is 15.8. The molecule has 0 radical (unpaired) electrons. The van der Waals surface area contributed by atoms with E-state index in [1.54, 1.807) is 0 Å². The largest absolute Gasteiger partial charge is 0.441 e. The van der Waals surface area contributed by atoms with Crippen molar-refractivity contribution in [3.63, 3.8) is 0 Å². The van der Waals surface area contributed by atoms with E-state index in [2.05, 4.69) is 10.3 Å². The van der Waals surface area contributed by atoms with Crippen molar-refractivity contribution in [2.75, 3.05) is 19.6 Å². The van der Waals surface area contributed by atoms with Gasteiger partial charge in [0.1, 0.15) is 5.76 Å². The highest BCUT2D eigenvalue weighted by molar-refractivity contribution is 6.30. The molecule has 160 valence electrons. The predicted molar refractivity (Wildman–Crippen MR) is 124 cm³/mol. The molecule has 8 heteroatoms. The maximum absolute atomic E-state index is 13.1. The first kappa shape index (κ1) is 24.2. The SMILES string of the molecule is Cc1oc(-c2ccccc2)nc1CC(=O)N1CCNCC1c1cccc(Cl)c1.Cl.Cl. The second-order valence-corrected chi connectivity index (χ2v) is 7.36. The number of nitrogens with one attached hydrogen (secondary N) is 1. The van der Waals surface area contributed by atoms with Crippen LogP contribution in [0.25, 0.3) is 11.5 Å². The third kappa shape index (κ3) is 5.35. The summed E-state index contributed by atoms with van der Waals surface area (Å²) in [4.78, 5) is 19.6. The van der Waals surface area contributed by atoms with Crippen LogP contribution in [0.2, 0.25) is 5.02 Å². The van der Waals surface area contributed by atoms with Crippen molar-refractivity contribution in [2.24, 2.45) is 0 Å². The van der Waals surface area contributed by atoms with Gasteiger partial charge in [0.2, 0.25) is 11.8 Å². The monoisotopic (exact) mass is 467 g/mol. The average Bonchev–Trinajstić information content (AvgIpc) is 3.09. The van der Waals surface area contributed by atoms with Crippen LogP contribution in [0.3, 0.4) is 0 Å². The lowest BCUT2D eigenvalue weighted by Crippen LogP contribution is -2.49. The third-order valence-electron chi connectivity index (χ3n) is 5.03. The highest BCUT2D eigenvalue weighted by atomic mass is 35.5. The molecule has 0 bridgehead atoms. The molecule has 1 N–H and O–H groups in total. The van der Waals surface area contributed by atoms with Gasteiger partial charge in [0.15, 0.2) is 0 Å².